The third-order valence-corrected chi connectivity index (χ3v) is 3.17. The standard InChI is InChI=1S/C13H17N5O3/c1-17-11-8(4-3-5-9(11)14)12(16-17)18(13(15)20)7-6-10(19)21-2/h3-5H,6-7,14H2,1-2H3,(H2,15,20). The number of primary amides is 1. The van der Waals surface area contributed by atoms with Gasteiger partial charge in [-0.1, -0.05) is 6.07 Å². The van der Waals surface area contributed by atoms with Crippen molar-refractivity contribution in [3.05, 3.63) is 18.2 Å². The van der Waals surface area contributed by atoms with Crippen LogP contribution in [-0.2, 0) is 16.6 Å². The van der Waals surface area contributed by atoms with Crippen molar-refractivity contribution >= 4 is 34.4 Å². The summed E-state index contributed by atoms with van der Waals surface area (Å²) in [5.74, 6) is -0.0581. The van der Waals surface area contributed by atoms with E-state index in [1.165, 1.54) is 12.0 Å². The van der Waals surface area contributed by atoms with E-state index in [1.54, 1.807) is 29.9 Å². The monoisotopic (exact) mass is 291 g/mol. The molecule has 8 nitrogen and oxygen atoms in total. The molecule has 0 radical (unpaired) electrons. The molecular weight excluding hydrogens is 274 g/mol. The maximum Gasteiger partial charge on any atom is 0.320 e. The summed E-state index contributed by atoms with van der Waals surface area (Å²) in [5, 5.41) is 4.98. The number of nitrogen functional groups attached to an aromatic ring is 1. The van der Waals surface area contributed by atoms with Gasteiger partial charge in [-0.05, 0) is 12.1 Å². The van der Waals surface area contributed by atoms with Gasteiger partial charge in [0.2, 0.25) is 0 Å². The van der Waals surface area contributed by atoms with Crippen molar-refractivity contribution in [1.29, 1.82) is 0 Å². The molecule has 0 atom stereocenters. The highest BCUT2D eigenvalue weighted by Crippen LogP contribution is 2.29. The van der Waals surface area contributed by atoms with Crippen molar-refractivity contribution < 1.29 is 14.3 Å². The quantitative estimate of drug-likeness (QED) is 0.632. The molecular formula is C13H17N5O3. The third-order valence-electron chi connectivity index (χ3n) is 3.17. The van der Waals surface area contributed by atoms with Gasteiger partial charge >= 0.3 is 12.0 Å². The maximum absolute atomic E-state index is 11.7. The number of esters is 1. The minimum Gasteiger partial charge on any atom is -0.469 e. The van der Waals surface area contributed by atoms with E-state index in [9.17, 15) is 9.59 Å². The summed E-state index contributed by atoms with van der Waals surface area (Å²) in [6.07, 6.45) is 0.0276. The lowest BCUT2D eigenvalue weighted by Crippen LogP contribution is -2.38. The first kappa shape index (κ1) is 14.6. The average Bonchev–Trinajstić information content (AvgIpc) is 2.77. The topological polar surface area (TPSA) is 116 Å². The Bertz CT molecular complexity index is 694. The van der Waals surface area contributed by atoms with Gasteiger partial charge in [-0.15, -0.1) is 0 Å². The fourth-order valence-electron chi connectivity index (χ4n) is 2.17. The lowest BCUT2D eigenvalue weighted by Gasteiger charge is -2.17. The van der Waals surface area contributed by atoms with Crippen LogP contribution < -0.4 is 16.4 Å². The molecule has 0 unspecified atom stereocenters. The highest BCUT2D eigenvalue weighted by Gasteiger charge is 2.21. The van der Waals surface area contributed by atoms with Crippen molar-refractivity contribution in [2.24, 2.45) is 12.8 Å². The van der Waals surface area contributed by atoms with Crippen molar-refractivity contribution in [2.75, 3.05) is 24.3 Å². The predicted octanol–water partition coefficient (Wildman–Crippen LogP) is 0.604. The Kier molecular flexibility index (Phi) is 3.97. The number of hydrogen-bond donors (Lipinski definition) is 2. The molecule has 1 aromatic heterocycles. The number of fused-ring (bicyclic) bond motifs is 1. The zero-order chi connectivity index (χ0) is 15.6. The number of amides is 2. The number of aromatic nitrogens is 2. The number of anilines is 2. The van der Waals surface area contributed by atoms with Gasteiger partial charge in [-0.2, -0.15) is 5.10 Å². The molecule has 0 spiro atoms. The van der Waals surface area contributed by atoms with Crippen LogP contribution in [-0.4, -0.2) is 35.4 Å². The van der Waals surface area contributed by atoms with Crippen molar-refractivity contribution in [3.63, 3.8) is 0 Å². The highest BCUT2D eigenvalue weighted by atomic mass is 16.5. The third kappa shape index (κ3) is 2.73. The first-order chi connectivity index (χ1) is 9.95. The number of urea groups is 1. The first-order valence-corrected chi connectivity index (χ1v) is 6.30. The van der Waals surface area contributed by atoms with Crippen LogP contribution in [0, 0.1) is 0 Å². The van der Waals surface area contributed by atoms with Crippen LogP contribution in [0.4, 0.5) is 16.3 Å². The molecule has 0 saturated heterocycles. The number of nitrogens with two attached hydrogens (primary N) is 2. The summed E-state index contributed by atoms with van der Waals surface area (Å²) >= 11 is 0. The Morgan fingerprint density at radius 2 is 2.14 bits per heavy atom. The molecule has 21 heavy (non-hydrogen) atoms. The Morgan fingerprint density at radius 1 is 1.43 bits per heavy atom. The van der Waals surface area contributed by atoms with Crippen LogP contribution in [0.1, 0.15) is 6.42 Å². The van der Waals surface area contributed by atoms with Crippen molar-refractivity contribution in [3.8, 4) is 0 Å². The molecule has 0 bridgehead atoms. The van der Waals surface area contributed by atoms with Crippen LogP contribution in [0.3, 0.4) is 0 Å². The molecule has 0 aliphatic rings. The van der Waals surface area contributed by atoms with Gasteiger partial charge in [-0.25, -0.2) is 4.79 Å². The Labute approximate surface area is 121 Å². The smallest absolute Gasteiger partial charge is 0.320 e. The van der Waals surface area contributed by atoms with E-state index in [1.807, 2.05) is 0 Å². The number of rotatable bonds is 4. The summed E-state index contributed by atoms with van der Waals surface area (Å²) in [5.41, 5.74) is 12.6. The highest BCUT2D eigenvalue weighted by molar-refractivity contribution is 6.03. The van der Waals surface area contributed by atoms with Gasteiger partial charge in [0.1, 0.15) is 0 Å². The predicted molar refractivity (Wildman–Crippen MR) is 78.7 cm³/mol. The minimum absolute atomic E-state index is 0.0276. The first-order valence-electron chi connectivity index (χ1n) is 6.30. The van der Waals surface area contributed by atoms with Crippen LogP contribution in [0.2, 0.25) is 0 Å². The summed E-state index contributed by atoms with van der Waals surface area (Å²) in [4.78, 5) is 24.1. The van der Waals surface area contributed by atoms with Crippen molar-refractivity contribution in [2.45, 2.75) is 6.42 Å². The number of ether oxygens (including phenoxy) is 1. The Morgan fingerprint density at radius 3 is 2.76 bits per heavy atom. The molecule has 0 fully saturated rings. The number of para-hydroxylation sites is 1. The molecule has 0 aliphatic heterocycles. The second kappa shape index (κ2) is 5.70. The zero-order valence-electron chi connectivity index (χ0n) is 11.9. The van der Waals surface area contributed by atoms with Gasteiger partial charge in [0.05, 0.1) is 24.7 Å². The number of benzene rings is 1. The molecule has 8 heteroatoms. The Balaban J connectivity index is 2.44. The second-order valence-electron chi connectivity index (χ2n) is 4.51. The summed E-state index contributed by atoms with van der Waals surface area (Å²) in [7, 11) is 3.01. The lowest BCUT2D eigenvalue weighted by molar-refractivity contribution is -0.140. The molecule has 1 heterocycles. The van der Waals surface area contributed by atoms with E-state index in [2.05, 4.69) is 9.84 Å². The largest absolute Gasteiger partial charge is 0.469 e. The van der Waals surface area contributed by atoms with Gasteiger partial charge in [0, 0.05) is 19.0 Å². The average molecular weight is 291 g/mol. The minimum atomic E-state index is -0.693. The van der Waals surface area contributed by atoms with Gasteiger partial charge in [0.25, 0.3) is 0 Å². The molecule has 112 valence electrons. The van der Waals surface area contributed by atoms with E-state index in [0.29, 0.717) is 22.4 Å². The molecule has 2 aromatic rings. The molecule has 0 aliphatic carbocycles. The van der Waals surface area contributed by atoms with E-state index < -0.39 is 12.0 Å². The molecule has 2 rings (SSSR count). The summed E-state index contributed by atoms with van der Waals surface area (Å²) < 4.78 is 6.14. The number of methoxy groups -OCH3 is 1. The summed E-state index contributed by atoms with van der Waals surface area (Å²) in [6, 6.07) is 4.61. The molecule has 1 aromatic carbocycles. The van der Waals surface area contributed by atoms with E-state index in [-0.39, 0.29) is 13.0 Å². The molecule has 2 amide bonds. The number of aryl methyl sites for hydroxylation is 1. The van der Waals surface area contributed by atoms with Crippen molar-refractivity contribution in [1.82, 2.24) is 9.78 Å². The van der Waals surface area contributed by atoms with Crippen LogP contribution >= 0.6 is 0 Å². The van der Waals surface area contributed by atoms with Gasteiger partial charge in [-0.3, -0.25) is 14.4 Å². The van der Waals surface area contributed by atoms with E-state index in [4.69, 9.17) is 11.5 Å². The fraction of sp³-hybridized carbons (Fsp3) is 0.308. The zero-order valence-corrected chi connectivity index (χ0v) is 11.9. The van der Waals surface area contributed by atoms with Crippen LogP contribution in [0.5, 0.6) is 0 Å². The Hall–Kier alpha value is -2.77. The van der Waals surface area contributed by atoms with Crippen LogP contribution in [0.15, 0.2) is 18.2 Å². The van der Waals surface area contributed by atoms with E-state index >= 15 is 0 Å². The SMILES string of the molecule is COC(=O)CCN(C(N)=O)c1nn(C)c2c(N)cccc12. The van der Waals surface area contributed by atoms with Crippen LogP contribution in [0.25, 0.3) is 10.9 Å². The molecule has 4 N–H and O–H groups in total. The number of carbonyl (C=O) groups is 2. The number of nitrogens with zero attached hydrogens (tertiary/aromatic N) is 3. The maximum atomic E-state index is 11.7. The summed E-state index contributed by atoms with van der Waals surface area (Å²) in [6.45, 7) is 0.0862. The number of carbonyl (C=O) groups excluding carboxylic acids is 2. The second-order valence-corrected chi connectivity index (χ2v) is 4.51. The van der Waals surface area contributed by atoms with Gasteiger partial charge in [0.15, 0.2) is 5.82 Å². The number of hydrogen-bond acceptors (Lipinski definition) is 5. The molecule has 0 saturated carbocycles. The lowest BCUT2D eigenvalue weighted by atomic mass is 10.2. The fourth-order valence-corrected chi connectivity index (χ4v) is 2.17. The van der Waals surface area contributed by atoms with E-state index in [0.717, 1.165) is 0 Å². The van der Waals surface area contributed by atoms with Gasteiger partial charge < -0.3 is 16.2 Å². The normalized spacial score (nSPS) is 10.6.